The molecule has 3 N–H and O–H groups in total. The molecule has 2 aromatic rings. The summed E-state index contributed by atoms with van der Waals surface area (Å²) in [4.78, 5) is 22.3. The lowest BCUT2D eigenvalue weighted by Crippen LogP contribution is -2.38. The number of carboxylic acid groups (broad SMARTS) is 1. The summed E-state index contributed by atoms with van der Waals surface area (Å²) in [6.45, 7) is 1.41. The average Bonchev–Trinajstić information content (AvgIpc) is 2.75. The third-order valence-corrected chi connectivity index (χ3v) is 2.42. The molecule has 6 nitrogen and oxygen atoms in total. The van der Waals surface area contributed by atoms with E-state index >= 15 is 0 Å². The fraction of sp³-hybridized carbons (Fsp3) is 0.182. The van der Waals surface area contributed by atoms with Crippen LogP contribution in [0.5, 0.6) is 0 Å². The molecule has 1 unspecified atom stereocenters. The first-order chi connectivity index (χ1) is 8.08. The van der Waals surface area contributed by atoms with Gasteiger partial charge in [0.15, 0.2) is 0 Å². The average molecular weight is 270 g/mol. The van der Waals surface area contributed by atoms with E-state index in [1.54, 1.807) is 24.4 Å². The van der Waals surface area contributed by atoms with Gasteiger partial charge in [-0.3, -0.25) is 14.7 Å². The Morgan fingerprint density at radius 2 is 2.17 bits per heavy atom. The second-order valence-electron chi connectivity index (χ2n) is 3.71. The maximum Gasteiger partial charge on any atom is 0.325 e. The number of carbonyl (C=O) groups is 2. The van der Waals surface area contributed by atoms with Gasteiger partial charge in [-0.25, -0.2) is 0 Å². The summed E-state index contributed by atoms with van der Waals surface area (Å²) in [5, 5.41) is 18.5. The molecule has 1 amide bonds. The van der Waals surface area contributed by atoms with Gasteiger partial charge in [0, 0.05) is 10.9 Å². The highest BCUT2D eigenvalue weighted by molar-refractivity contribution is 5.99. The molecule has 0 saturated heterocycles. The number of fused-ring (bicyclic) bond motifs is 1. The number of H-pyrrole nitrogens is 1. The van der Waals surface area contributed by atoms with Crippen LogP contribution in [-0.2, 0) is 4.79 Å². The molecule has 0 radical (unpaired) electrons. The highest BCUT2D eigenvalue weighted by atomic mass is 35.5. The predicted molar refractivity (Wildman–Crippen MR) is 67.9 cm³/mol. The van der Waals surface area contributed by atoms with Crippen molar-refractivity contribution in [3.8, 4) is 0 Å². The lowest BCUT2D eigenvalue weighted by molar-refractivity contribution is -0.138. The predicted octanol–water partition coefficient (Wildman–Crippen LogP) is 1.19. The number of carbonyl (C=O) groups excluding carboxylic acids is 1. The molecule has 0 aliphatic heterocycles. The van der Waals surface area contributed by atoms with E-state index < -0.39 is 17.9 Å². The fourth-order valence-electron chi connectivity index (χ4n) is 1.43. The van der Waals surface area contributed by atoms with Gasteiger partial charge in [-0.05, 0) is 25.1 Å². The quantitative estimate of drug-likeness (QED) is 0.780. The molecule has 1 atom stereocenters. The van der Waals surface area contributed by atoms with E-state index in [1.165, 1.54) is 6.92 Å². The first-order valence-electron chi connectivity index (χ1n) is 5.05. The minimum atomic E-state index is -1.07. The standard InChI is InChI=1S/C11H11N3O3.ClH/c1-6(11(16)17)13-10(15)7-2-3-9-8(4-7)5-12-14-9;/h2-6H,1H3,(H,12,14)(H,13,15)(H,16,17);1H. The number of aromatic amines is 1. The van der Waals surface area contributed by atoms with Crippen molar-refractivity contribution in [2.24, 2.45) is 0 Å². The van der Waals surface area contributed by atoms with E-state index in [0.29, 0.717) is 5.56 Å². The van der Waals surface area contributed by atoms with E-state index in [0.717, 1.165) is 10.9 Å². The summed E-state index contributed by atoms with van der Waals surface area (Å²) in [5.74, 6) is -1.48. The van der Waals surface area contributed by atoms with Crippen molar-refractivity contribution in [3.05, 3.63) is 30.0 Å². The van der Waals surface area contributed by atoms with Gasteiger partial charge < -0.3 is 10.4 Å². The van der Waals surface area contributed by atoms with Gasteiger partial charge in [-0.2, -0.15) is 5.10 Å². The summed E-state index contributed by atoms with van der Waals surface area (Å²) in [6, 6.07) is 4.08. The minimum Gasteiger partial charge on any atom is -0.480 e. The van der Waals surface area contributed by atoms with Crippen LogP contribution in [0.25, 0.3) is 10.9 Å². The van der Waals surface area contributed by atoms with Gasteiger partial charge in [0.2, 0.25) is 0 Å². The maximum atomic E-state index is 11.7. The van der Waals surface area contributed by atoms with Crippen LogP contribution in [0.4, 0.5) is 0 Å². The van der Waals surface area contributed by atoms with Gasteiger partial charge in [0.05, 0.1) is 11.7 Å². The van der Waals surface area contributed by atoms with Crippen molar-refractivity contribution in [2.45, 2.75) is 13.0 Å². The number of nitrogens with zero attached hydrogens (tertiary/aromatic N) is 1. The fourth-order valence-corrected chi connectivity index (χ4v) is 1.43. The van der Waals surface area contributed by atoms with Crippen LogP contribution in [-0.4, -0.2) is 33.2 Å². The van der Waals surface area contributed by atoms with Crippen molar-refractivity contribution >= 4 is 35.2 Å². The number of hydrogen-bond acceptors (Lipinski definition) is 3. The molecule has 18 heavy (non-hydrogen) atoms. The molecule has 1 aromatic heterocycles. The second-order valence-corrected chi connectivity index (χ2v) is 3.71. The summed E-state index contributed by atoms with van der Waals surface area (Å²) in [6.07, 6.45) is 1.60. The molecular formula is C11H12ClN3O3. The third kappa shape index (κ3) is 2.78. The molecule has 96 valence electrons. The van der Waals surface area contributed by atoms with Crippen molar-refractivity contribution < 1.29 is 14.7 Å². The molecule has 0 spiro atoms. The number of hydrogen-bond donors (Lipinski definition) is 3. The molecule has 0 fully saturated rings. The molecule has 0 aliphatic rings. The maximum absolute atomic E-state index is 11.7. The SMILES string of the molecule is CC(NC(=O)c1ccc2[nH]ncc2c1)C(=O)O.Cl. The summed E-state index contributed by atoms with van der Waals surface area (Å²) >= 11 is 0. The molecule has 0 bridgehead atoms. The number of benzene rings is 1. The van der Waals surface area contributed by atoms with Gasteiger partial charge in [-0.1, -0.05) is 0 Å². The van der Waals surface area contributed by atoms with Gasteiger partial charge in [0.25, 0.3) is 5.91 Å². The van der Waals surface area contributed by atoms with Crippen LogP contribution in [0.3, 0.4) is 0 Å². The number of aliphatic carboxylic acids is 1. The van der Waals surface area contributed by atoms with Crippen LogP contribution >= 0.6 is 12.4 Å². The van der Waals surface area contributed by atoms with E-state index in [9.17, 15) is 9.59 Å². The minimum absolute atomic E-state index is 0. The monoisotopic (exact) mass is 269 g/mol. The summed E-state index contributed by atoms with van der Waals surface area (Å²) in [5.41, 5.74) is 1.24. The number of carboxylic acids is 1. The highest BCUT2D eigenvalue weighted by Gasteiger charge is 2.15. The second kappa shape index (κ2) is 5.50. The molecule has 0 aliphatic carbocycles. The number of nitrogens with one attached hydrogen (secondary N) is 2. The normalized spacial score (nSPS) is 11.6. The molecular weight excluding hydrogens is 258 g/mol. The molecule has 2 rings (SSSR count). The highest BCUT2D eigenvalue weighted by Crippen LogP contribution is 2.12. The Bertz CT molecular complexity index is 582. The Labute approximate surface area is 109 Å². The molecule has 0 saturated carbocycles. The Balaban J connectivity index is 0.00000162. The Hall–Kier alpha value is -2.08. The van der Waals surface area contributed by atoms with Crippen molar-refractivity contribution in [1.29, 1.82) is 0 Å². The topological polar surface area (TPSA) is 95.1 Å². The first-order valence-corrected chi connectivity index (χ1v) is 5.05. The largest absolute Gasteiger partial charge is 0.480 e. The van der Waals surface area contributed by atoms with Crippen molar-refractivity contribution in [2.75, 3.05) is 0 Å². The van der Waals surface area contributed by atoms with Crippen molar-refractivity contribution in [3.63, 3.8) is 0 Å². The lowest BCUT2D eigenvalue weighted by atomic mass is 10.1. The lowest BCUT2D eigenvalue weighted by Gasteiger charge is -2.08. The number of aromatic nitrogens is 2. The third-order valence-electron chi connectivity index (χ3n) is 2.42. The van der Waals surface area contributed by atoms with Gasteiger partial charge >= 0.3 is 5.97 Å². The molecule has 1 aromatic carbocycles. The van der Waals surface area contributed by atoms with E-state index in [-0.39, 0.29) is 12.4 Å². The smallest absolute Gasteiger partial charge is 0.325 e. The Kier molecular flexibility index (Phi) is 4.28. The zero-order valence-corrected chi connectivity index (χ0v) is 10.3. The number of halogens is 1. The summed E-state index contributed by atoms with van der Waals surface area (Å²) in [7, 11) is 0. The van der Waals surface area contributed by atoms with E-state index in [1.807, 2.05) is 0 Å². The van der Waals surface area contributed by atoms with Crippen LogP contribution in [0.1, 0.15) is 17.3 Å². The van der Waals surface area contributed by atoms with Gasteiger partial charge in [0.1, 0.15) is 6.04 Å². The first kappa shape index (κ1) is 14.0. The molecule has 7 heteroatoms. The van der Waals surface area contributed by atoms with Crippen LogP contribution in [0, 0.1) is 0 Å². The van der Waals surface area contributed by atoms with Crippen LogP contribution in [0.15, 0.2) is 24.4 Å². The molecule has 1 heterocycles. The number of amides is 1. The van der Waals surface area contributed by atoms with Crippen LogP contribution in [0.2, 0.25) is 0 Å². The number of rotatable bonds is 3. The van der Waals surface area contributed by atoms with Crippen molar-refractivity contribution in [1.82, 2.24) is 15.5 Å². The zero-order chi connectivity index (χ0) is 12.4. The summed E-state index contributed by atoms with van der Waals surface area (Å²) < 4.78 is 0. The van der Waals surface area contributed by atoms with Crippen LogP contribution < -0.4 is 5.32 Å². The van der Waals surface area contributed by atoms with Gasteiger partial charge in [-0.15, -0.1) is 12.4 Å². The van der Waals surface area contributed by atoms with E-state index in [4.69, 9.17) is 5.11 Å². The Morgan fingerprint density at radius 1 is 1.44 bits per heavy atom. The zero-order valence-electron chi connectivity index (χ0n) is 9.51. The Morgan fingerprint density at radius 3 is 2.83 bits per heavy atom. The van der Waals surface area contributed by atoms with E-state index in [2.05, 4.69) is 15.5 Å².